The number of imide groups is 1. The number of benzene rings is 2. The topological polar surface area (TPSA) is 78.5 Å². The lowest BCUT2D eigenvalue weighted by Crippen LogP contribution is -2.41. The van der Waals surface area contributed by atoms with E-state index >= 15 is 0 Å². The summed E-state index contributed by atoms with van der Waals surface area (Å²) in [6, 6.07) is 12.5. The molecule has 3 rings (SSSR count). The number of halogens is 1. The van der Waals surface area contributed by atoms with Gasteiger partial charge in [0, 0.05) is 18.7 Å². The molecule has 0 unspecified atom stereocenters. The third-order valence-electron chi connectivity index (χ3n) is 5.29. The molecule has 30 heavy (non-hydrogen) atoms. The molecule has 1 fully saturated rings. The van der Waals surface area contributed by atoms with Gasteiger partial charge in [0.2, 0.25) is 5.91 Å². The van der Waals surface area contributed by atoms with Crippen LogP contribution in [0.25, 0.3) is 0 Å². The van der Waals surface area contributed by atoms with Crippen molar-refractivity contribution in [3.63, 3.8) is 0 Å². The van der Waals surface area contributed by atoms with E-state index in [0.717, 1.165) is 10.5 Å². The van der Waals surface area contributed by atoms with Gasteiger partial charge < -0.3 is 10.6 Å². The molecule has 0 aromatic heterocycles. The zero-order valence-electron chi connectivity index (χ0n) is 17.6. The Bertz CT molecular complexity index is 965. The van der Waals surface area contributed by atoms with E-state index < -0.39 is 23.3 Å². The molecule has 1 heterocycles. The highest BCUT2D eigenvalue weighted by Crippen LogP contribution is 2.31. The first-order chi connectivity index (χ1) is 14.0. The van der Waals surface area contributed by atoms with Crippen molar-refractivity contribution in [2.45, 2.75) is 45.1 Å². The van der Waals surface area contributed by atoms with Crippen molar-refractivity contribution >= 4 is 23.5 Å². The van der Waals surface area contributed by atoms with Crippen LogP contribution in [0.15, 0.2) is 48.5 Å². The Labute approximate surface area is 175 Å². The summed E-state index contributed by atoms with van der Waals surface area (Å²) in [4.78, 5) is 38.6. The monoisotopic (exact) mass is 411 g/mol. The molecule has 4 amide bonds. The molecule has 0 bridgehead atoms. The summed E-state index contributed by atoms with van der Waals surface area (Å²) in [5.74, 6) is -1.17. The highest BCUT2D eigenvalue weighted by Gasteiger charge is 2.48. The SMILES string of the molecule is CC(C)(C)c1ccc([C@@]2(C)NC(=O)N(CCC(=O)Nc3ccc(F)cc3)C2=O)cc1. The third-order valence-corrected chi connectivity index (χ3v) is 5.29. The number of hydrogen-bond donors (Lipinski definition) is 2. The maximum atomic E-state index is 13.0. The maximum Gasteiger partial charge on any atom is 0.325 e. The quantitative estimate of drug-likeness (QED) is 0.732. The fourth-order valence-electron chi connectivity index (χ4n) is 3.37. The van der Waals surface area contributed by atoms with Gasteiger partial charge in [-0.2, -0.15) is 0 Å². The summed E-state index contributed by atoms with van der Waals surface area (Å²) < 4.78 is 13.0. The summed E-state index contributed by atoms with van der Waals surface area (Å²) in [5, 5.41) is 5.37. The van der Waals surface area contributed by atoms with Crippen molar-refractivity contribution in [3.8, 4) is 0 Å². The van der Waals surface area contributed by atoms with Gasteiger partial charge in [-0.3, -0.25) is 14.5 Å². The molecule has 7 heteroatoms. The van der Waals surface area contributed by atoms with Crippen LogP contribution in [0.4, 0.5) is 14.9 Å². The van der Waals surface area contributed by atoms with Gasteiger partial charge in [-0.1, -0.05) is 45.0 Å². The molecule has 0 aliphatic carbocycles. The lowest BCUT2D eigenvalue weighted by atomic mass is 9.84. The summed E-state index contributed by atoms with van der Waals surface area (Å²) in [6.07, 6.45) is -0.0599. The molecule has 1 aliphatic heterocycles. The largest absolute Gasteiger partial charge is 0.326 e. The molecule has 0 saturated carbocycles. The molecule has 1 aliphatic rings. The van der Waals surface area contributed by atoms with Gasteiger partial charge in [0.15, 0.2) is 0 Å². The van der Waals surface area contributed by atoms with Crippen LogP contribution in [0.5, 0.6) is 0 Å². The van der Waals surface area contributed by atoms with E-state index in [2.05, 4.69) is 31.4 Å². The molecule has 2 aromatic carbocycles. The smallest absolute Gasteiger partial charge is 0.325 e. The normalized spacial score (nSPS) is 19.0. The van der Waals surface area contributed by atoms with Crippen LogP contribution in [0.1, 0.15) is 45.2 Å². The van der Waals surface area contributed by atoms with Crippen molar-refractivity contribution < 1.29 is 18.8 Å². The van der Waals surface area contributed by atoms with Crippen LogP contribution in [0.2, 0.25) is 0 Å². The van der Waals surface area contributed by atoms with E-state index in [1.54, 1.807) is 6.92 Å². The predicted octanol–water partition coefficient (Wildman–Crippen LogP) is 3.92. The van der Waals surface area contributed by atoms with Gasteiger partial charge >= 0.3 is 6.03 Å². The van der Waals surface area contributed by atoms with Gasteiger partial charge in [-0.25, -0.2) is 9.18 Å². The van der Waals surface area contributed by atoms with E-state index in [9.17, 15) is 18.8 Å². The van der Waals surface area contributed by atoms with Gasteiger partial charge in [-0.15, -0.1) is 0 Å². The van der Waals surface area contributed by atoms with E-state index in [1.807, 2.05) is 24.3 Å². The van der Waals surface area contributed by atoms with Crippen molar-refractivity contribution in [2.24, 2.45) is 0 Å². The van der Waals surface area contributed by atoms with E-state index in [4.69, 9.17) is 0 Å². The number of carbonyl (C=O) groups excluding carboxylic acids is 3. The molecular weight excluding hydrogens is 385 g/mol. The summed E-state index contributed by atoms with van der Waals surface area (Å²) in [6.45, 7) is 7.92. The average Bonchev–Trinajstić information content (AvgIpc) is 2.91. The van der Waals surface area contributed by atoms with Crippen LogP contribution in [-0.4, -0.2) is 29.3 Å². The number of rotatable bonds is 5. The first-order valence-electron chi connectivity index (χ1n) is 9.81. The first kappa shape index (κ1) is 21.5. The zero-order chi connectivity index (χ0) is 22.1. The Morgan fingerprint density at radius 3 is 2.23 bits per heavy atom. The Morgan fingerprint density at radius 2 is 1.67 bits per heavy atom. The molecule has 2 N–H and O–H groups in total. The number of hydrogen-bond acceptors (Lipinski definition) is 3. The molecule has 0 radical (unpaired) electrons. The van der Waals surface area contributed by atoms with Crippen LogP contribution in [-0.2, 0) is 20.5 Å². The highest BCUT2D eigenvalue weighted by molar-refractivity contribution is 6.07. The van der Waals surface area contributed by atoms with Crippen molar-refractivity contribution in [3.05, 3.63) is 65.5 Å². The standard InChI is InChI=1S/C23H26FN3O3/c1-22(2,3)15-5-7-16(8-6-15)23(4)20(29)27(21(30)26-23)14-13-19(28)25-18-11-9-17(24)10-12-18/h5-12H,13-14H2,1-4H3,(H,25,28)(H,26,30)/t23-/m1/s1. The zero-order valence-corrected chi connectivity index (χ0v) is 17.6. The molecule has 6 nitrogen and oxygen atoms in total. The van der Waals surface area contributed by atoms with Gasteiger partial charge in [-0.05, 0) is 47.7 Å². The van der Waals surface area contributed by atoms with Crippen molar-refractivity contribution in [1.82, 2.24) is 10.2 Å². The lowest BCUT2D eigenvalue weighted by molar-refractivity contribution is -0.131. The minimum Gasteiger partial charge on any atom is -0.326 e. The van der Waals surface area contributed by atoms with Gasteiger partial charge in [0.05, 0.1) is 0 Å². The second kappa shape index (κ2) is 7.89. The van der Waals surface area contributed by atoms with Crippen LogP contribution >= 0.6 is 0 Å². The molecule has 1 saturated heterocycles. The maximum absolute atomic E-state index is 13.0. The van der Waals surface area contributed by atoms with E-state index in [-0.39, 0.29) is 24.3 Å². The molecule has 0 spiro atoms. The highest BCUT2D eigenvalue weighted by atomic mass is 19.1. The summed E-state index contributed by atoms with van der Waals surface area (Å²) in [7, 11) is 0. The average molecular weight is 411 g/mol. The van der Waals surface area contributed by atoms with Gasteiger partial charge in [0.1, 0.15) is 11.4 Å². The summed E-state index contributed by atoms with van der Waals surface area (Å²) in [5.41, 5.74) is 1.06. The van der Waals surface area contributed by atoms with Gasteiger partial charge in [0.25, 0.3) is 5.91 Å². The second-order valence-electron chi connectivity index (χ2n) is 8.64. The van der Waals surface area contributed by atoms with Crippen molar-refractivity contribution in [2.75, 3.05) is 11.9 Å². The fraction of sp³-hybridized carbons (Fsp3) is 0.348. The fourth-order valence-corrected chi connectivity index (χ4v) is 3.37. The Kier molecular flexibility index (Phi) is 5.65. The van der Waals surface area contributed by atoms with E-state index in [0.29, 0.717) is 11.3 Å². The number of amides is 4. The minimum atomic E-state index is -1.18. The Morgan fingerprint density at radius 1 is 1.07 bits per heavy atom. The molecular formula is C23H26FN3O3. The van der Waals surface area contributed by atoms with Crippen LogP contribution in [0, 0.1) is 5.82 Å². The van der Waals surface area contributed by atoms with Crippen molar-refractivity contribution in [1.29, 1.82) is 0 Å². The number of nitrogens with one attached hydrogen (secondary N) is 2. The number of urea groups is 1. The predicted molar refractivity (Wildman–Crippen MR) is 112 cm³/mol. The number of carbonyl (C=O) groups is 3. The third kappa shape index (κ3) is 4.35. The molecule has 2 aromatic rings. The minimum absolute atomic E-state index is 0.0215. The van der Waals surface area contributed by atoms with E-state index in [1.165, 1.54) is 24.3 Å². The van der Waals surface area contributed by atoms with Crippen LogP contribution < -0.4 is 10.6 Å². The Hall–Kier alpha value is -3.22. The lowest BCUT2D eigenvalue weighted by Gasteiger charge is -2.24. The summed E-state index contributed by atoms with van der Waals surface area (Å²) >= 11 is 0. The molecule has 1 atom stereocenters. The second-order valence-corrected chi connectivity index (χ2v) is 8.64. The van der Waals surface area contributed by atoms with Crippen LogP contribution in [0.3, 0.4) is 0 Å². The number of anilines is 1. The number of nitrogens with zero attached hydrogens (tertiary/aromatic N) is 1. The first-order valence-corrected chi connectivity index (χ1v) is 9.81. The Balaban J connectivity index is 1.66. The molecule has 158 valence electrons.